The van der Waals surface area contributed by atoms with Gasteiger partial charge in [-0.1, -0.05) is 104 Å². The van der Waals surface area contributed by atoms with Crippen molar-refractivity contribution in [2.75, 3.05) is 4.90 Å². The third kappa shape index (κ3) is 3.69. The molecule has 5 saturated carbocycles. The molecule has 0 atom stereocenters. The van der Waals surface area contributed by atoms with E-state index in [0.29, 0.717) is 0 Å². The van der Waals surface area contributed by atoms with E-state index in [4.69, 9.17) is 0 Å². The normalized spacial score (nSPS) is 26.4. The second-order valence-corrected chi connectivity index (χ2v) is 18.7. The number of hydrogen-bond donors (Lipinski definition) is 0. The first kappa shape index (κ1) is 29.8. The minimum absolute atomic E-state index is 0.122. The van der Waals surface area contributed by atoms with Gasteiger partial charge in [0.15, 0.2) is 0 Å². The van der Waals surface area contributed by atoms with Crippen molar-refractivity contribution in [3.05, 3.63) is 150 Å². The zero-order valence-corrected chi connectivity index (χ0v) is 31.0. The zero-order valence-electron chi connectivity index (χ0n) is 30.2. The molecule has 0 saturated heterocycles. The van der Waals surface area contributed by atoms with E-state index >= 15 is 0 Å². The lowest BCUT2D eigenvalue weighted by atomic mass is 9.43. The zero-order chi connectivity index (χ0) is 34.5. The van der Waals surface area contributed by atoms with Crippen molar-refractivity contribution in [2.45, 2.75) is 68.6 Å². The summed E-state index contributed by atoms with van der Waals surface area (Å²) in [7, 11) is 0. The first-order chi connectivity index (χ1) is 26.2. The summed E-state index contributed by atoms with van der Waals surface area (Å²) in [6, 6.07) is 50.1. The number of benzene rings is 6. The molecule has 0 aliphatic heterocycles. The number of anilines is 3. The molecule has 0 N–H and O–H groups in total. The molecule has 2 heteroatoms. The summed E-state index contributed by atoms with van der Waals surface area (Å²) in [6.07, 6.45) is 12.2. The summed E-state index contributed by atoms with van der Waals surface area (Å²) in [4.78, 5) is 2.71. The fourth-order valence-electron chi connectivity index (χ4n) is 13.8. The van der Waals surface area contributed by atoms with Gasteiger partial charge in [-0.05, 0) is 138 Å². The average Bonchev–Trinajstić information content (AvgIpc) is 3.96. The van der Waals surface area contributed by atoms with Crippen LogP contribution in [0.3, 0.4) is 0 Å². The second kappa shape index (κ2) is 10.5. The van der Waals surface area contributed by atoms with Crippen LogP contribution in [0.15, 0.2) is 127 Å². The van der Waals surface area contributed by atoms with Gasteiger partial charge in [0.05, 0.1) is 11.4 Å². The molecule has 7 aromatic rings. The van der Waals surface area contributed by atoms with E-state index in [0.717, 1.165) is 23.7 Å². The van der Waals surface area contributed by atoms with Crippen molar-refractivity contribution in [3.8, 4) is 22.3 Å². The van der Waals surface area contributed by atoms with Crippen molar-refractivity contribution in [3.63, 3.8) is 0 Å². The monoisotopic (exact) mass is 701 g/mol. The molecule has 0 unspecified atom stereocenters. The number of rotatable bonds is 3. The highest BCUT2D eigenvalue weighted by atomic mass is 32.1. The summed E-state index contributed by atoms with van der Waals surface area (Å²) in [5.74, 6) is 3.35. The van der Waals surface area contributed by atoms with Gasteiger partial charge in [-0.2, -0.15) is 0 Å². The minimum Gasteiger partial charge on any atom is -0.309 e. The lowest BCUT2D eigenvalue weighted by Gasteiger charge is -2.61. The molecule has 7 aliphatic carbocycles. The molecule has 1 heterocycles. The molecule has 1 nitrogen and oxygen atoms in total. The standard InChI is InChI=1S/C51H43NS/c1-4-14-40-37(12-1)48-42(50(40)23-7-8-24-50)16-9-18-44(48)52(35-21-22-47-39(30-35)36-11-3-6-20-46(36)53-47)45-19-10-17-43-49(45)38-13-2-5-15-41(38)51(43)33-26-31-25-32(28-33)29-34(51)27-31/h1-6,9-22,30-34H,7-8,23-29H2. The van der Waals surface area contributed by atoms with E-state index in [1.165, 1.54) is 117 Å². The van der Waals surface area contributed by atoms with Crippen LogP contribution in [-0.4, -0.2) is 0 Å². The molecule has 6 aromatic carbocycles. The Morgan fingerprint density at radius 2 is 1.08 bits per heavy atom. The van der Waals surface area contributed by atoms with Gasteiger partial charge in [0.1, 0.15) is 0 Å². The molecule has 7 aliphatic rings. The number of nitrogens with zero attached hydrogens (tertiary/aromatic N) is 1. The van der Waals surface area contributed by atoms with Crippen LogP contribution in [0, 0.1) is 23.7 Å². The molecule has 2 spiro atoms. The first-order valence-electron chi connectivity index (χ1n) is 20.4. The summed E-state index contributed by atoms with van der Waals surface area (Å²) in [6.45, 7) is 0. The van der Waals surface area contributed by atoms with Gasteiger partial charge in [0.25, 0.3) is 0 Å². The van der Waals surface area contributed by atoms with Gasteiger partial charge in [0.2, 0.25) is 0 Å². The lowest BCUT2D eigenvalue weighted by Crippen LogP contribution is -2.55. The van der Waals surface area contributed by atoms with Crippen LogP contribution in [-0.2, 0) is 10.8 Å². The number of hydrogen-bond acceptors (Lipinski definition) is 2. The molecule has 258 valence electrons. The third-order valence-electron chi connectivity index (χ3n) is 15.4. The van der Waals surface area contributed by atoms with E-state index in [9.17, 15) is 0 Å². The van der Waals surface area contributed by atoms with Crippen molar-refractivity contribution in [2.24, 2.45) is 23.7 Å². The van der Waals surface area contributed by atoms with Gasteiger partial charge < -0.3 is 4.90 Å². The van der Waals surface area contributed by atoms with Crippen molar-refractivity contribution in [1.29, 1.82) is 0 Å². The maximum atomic E-state index is 2.71. The Morgan fingerprint density at radius 3 is 1.83 bits per heavy atom. The number of thiophene rings is 1. The molecule has 5 fully saturated rings. The summed E-state index contributed by atoms with van der Waals surface area (Å²) < 4.78 is 2.72. The van der Waals surface area contributed by atoms with E-state index in [2.05, 4.69) is 132 Å². The van der Waals surface area contributed by atoms with E-state index in [1.54, 1.807) is 22.3 Å². The third-order valence-corrected chi connectivity index (χ3v) is 16.5. The molecule has 1 aromatic heterocycles. The minimum atomic E-state index is 0.122. The maximum Gasteiger partial charge on any atom is 0.0543 e. The Balaban J connectivity index is 1.12. The SMILES string of the molecule is c1ccc2c(c1)-c1c(N(c3ccc4sc5ccccc5c4c3)c3cccc4c3-c3ccccc3C43C4CC5CC(C4)CC3C5)cccc1C21CCCC1. The molecule has 0 amide bonds. The van der Waals surface area contributed by atoms with Crippen LogP contribution < -0.4 is 4.90 Å². The maximum absolute atomic E-state index is 2.71. The average molecular weight is 702 g/mol. The molecule has 14 rings (SSSR count). The first-order valence-corrected chi connectivity index (χ1v) is 21.2. The molecular formula is C51H43NS. The predicted molar refractivity (Wildman–Crippen MR) is 222 cm³/mol. The van der Waals surface area contributed by atoms with Gasteiger partial charge in [-0.3, -0.25) is 0 Å². The fourth-order valence-corrected chi connectivity index (χ4v) is 14.9. The Kier molecular flexibility index (Phi) is 5.90. The highest BCUT2D eigenvalue weighted by Gasteiger charge is 2.62. The number of fused-ring (bicyclic) bond motifs is 11. The highest BCUT2D eigenvalue weighted by molar-refractivity contribution is 7.25. The lowest BCUT2D eigenvalue weighted by molar-refractivity contribution is -0.0399. The van der Waals surface area contributed by atoms with Gasteiger partial charge in [-0.25, -0.2) is 0 Å². The van der Waals surface area contributed by atoms with E-state index < -0.39 is 0 Å². The summed E-state index contributed by atoms with van der Waals surface area (Å²) in [5, 5.41) is 2.72. The van der Waals surface area contributed by atoms with Gasteiger partial charge >= 0.3 is 0 Å². The second-order valence-electron chi connectivity index (χ2n) is 17.6. The smallest absolute Gasteiger partial charge is 0.0543 e. The van der Waals surface area contributed by atoms with Crippen LogP contribution in [0.2, 0.25) is 0 Å². The predicted octanol–water partition coefficient (Wildman–Crippen LogP) is 14.1. The quantitative estimate of drug-likeness (QED) is 0.177. The Morgan fingerprint density at radius 1 is 0.491 bits per heavy atom. The van der Waals surface area contributed by atoms with Crippen LogP contribution >= 0.6 is 11.3 Å². The van der Waals surface area contributed by atoms with E-state index in [1.807, 2.05) is 11.3 Å². The Bertz CT molecular complexity index is 2640. The molecule has 53 heavy (non-hydrogen) atoms. The molecule has 0 radical (unpaired) electrons. The topological polar surface area (TPSA) is 3.24 Å². The highest BCUT2D eigenvalue weighted by Crippen LogP contribution is 2.71. The van der Waals surface area contributed by atoms with Crippen molar-refractivity contribution in [1.82, 2.24) is 0 Å². The van der Waals surface area contributed by atoms with Crippen molar-refractivity contribution >= 4 is 48.6 Å². The van der Waals surface area contributed by atoms with Crippen molar-refractivity contribution < 1.29 is 0 Å². The summed E-state index contributed by atoms with van der Waals surface area (Å²) in [5.41, 5.74) is 16.4. The van der Waals surface area contributed by atoms with Gasteiger partial charge in [-0.15, -0.1) is 11.3 Å². The molecule has 4 bridgehead atoms. The van der Waals surface area contributed by atoms with Crippen LogP contribution in [0.25, 0.3) is 42.4 Å². The summed E-state index contributed by atoms with van der Waals surface area (Å²) >= 11 is 1.92. The molecular weight excluding hydrogens is 659 g/mol. The van der Waals surface area contributed by atoms with Gasteiger partial charge in [0, 0.05) is 47.8 Å². The van der Waals surface area contributed by atoms with Crippen LogP contribution in [0.4, 0.5) is 17.1 Å². The van der Waals surface area contributed by atoms with E-state index in [-0.39, 0.29) is 10.8 Å². The largest absolute Gasteiger partial charge is 0.309 e. The Labute approximate surface area is 316 Å². The Hall–Kier alpha value is -4.66. The fraction of sp³-hybridized carbons (Fsp3) is 0.294. The van der Waals surface area contributed by atoms with Crippen LogP contribution in [0.1, 0.15) is 80.0 Å². The van der Waals surface area contributed by atoms with Crippen LogP contribution in [0.5, 0.6) is 0 Å².